The lowest BCUT2D eigenvalue weighted by Gasteiger charge is -2.15. The largest absolute Gasteiger partial charge is 0.383 e. The first-order valence-electron chi connectivity index (χ1n) is 9.08. The van der Waals surface area contributed by atoms with Crippen LogP contribution in [0.4, 0.5) is 11.5 Å². The van der Waals surface area contributed by atoms with Gasteiger partial charge in [-0.15, -0.1) is 11.3 Å². The number of aryl methyl sites for hydroxylation is 2. The van der Waals surface area contributed by atoms with Gasteiger partial charge in [0, 0.05) is 16.1 Å². The number of hydrogen-bond acceptors (Lipinski definition) is 7. The Kier molecular flexibility index (Phi) is 6.41. The molecule has 3 rings (SSSR count). The van der Waals surface area contributed by atoms with E-state index in [-0.39, 0.29) is 22.9 Å². The summed E-state index contributed by atoms with van der Waals surface area (Å²) in [6.45, 7) is 5.73. The second-order valence-electron chi connectivity index (χ2n) is 6.68. The number of nitrogen functional groups attached to an aromatic ring is 1. The number of amides is 1. The van der Waals surface area contributed by atoms with Crippen molar-refractivity contribution in [1.82, 2.24) is 4.98 Å². The van der Waals surface area contributed by atoms with Gasteiger partial charge in [0.15, 0.2) is 0 Å². The lowest BCUT2D eigenvalue weighted by Crippen LogP contribution is -2.23. The van der Waals surface area contributed by atoms with Gasteiger partial charge in [-0.25, -0.2) is 4.98 Å². The molecule has 3 N–H and O–H groups in total. The molecule has 0 saturated heterocycles. The van der Waals surface area contributed by atoms with Gasteiger partial charge in [-0.3, -0.25) is 4.79 Å². The Balaban J connectivity index is 1.92. The van der Waals surface area contributed by atoms with E-state index in [4.69, 9.17) is 5.73 Å². The average molecular weight is 434 g/mol. The van der Waals surface area contributed by atoms with Crippen LogP contribution in [0.25, 0.3) is 10.4 Å². The summed E-state index contributed by atoms with van der Waals surface area (Å²) in [5, 5.41) is 23.9. The van der Waals surface area contributed by atoms with Gasteiger partial charge < -0.3 is 11.1 Å². The molecule has 0 radical (unpaired) electrons. The molecule has 150 valence electrons. The molecule has 1 unspecified atom stereocenters. The molecule has 2 heterocycles. The van der Waals surface area contributed by atoms with Crippen LogP contribution >= 0.6 is 23.1 Å². The minimum Gasteiger partial charge on any atom is -0.383 e. The average Bonchev–Trinajstić information content (AvgIpc) is 3.24. The standard InChI is InChI=1S/C22H19N5OS2/c1-12-6-7-15(9-13(12)2)26-21(28)14(3)30-22-17(11-24)19(18-5-4-8-29-18)16(10-23)20(25)27-22/h4-9,14H,1-3H3,(H2,25,27)(H,26,28). The fourth-order valence-electron chi connectivity index (χ4n) is 2.83. The molecule has 0 aliphatic rings. The Morgan fingerprint density at radius 2 is 1.93 bits per heavy atom. The number of nitrogens with zero attached hydrogens (tertiary/aromatic N) is 3. The van der Waals surface area contributed by atoms with E-state index in [0.29, 0.717) is 16.3 Å². The van der Waals surface area contributed by atoms with Crippen LogP contribution in [0.5, 0.6) is 0 Å². The molecular formula is C22H19N5OS2. The zero-order chi connectivity index (χ0) is 21.8. The number of pyridine rings is 1. The molecule has 0 spiro atoms. The zero-order valence-electron chi connectivity index (χ0n) is 16.7. The highest BCUT2D eigenvalue weighted by Gasteiger charge is 2.24. The van der Waals surface area contributed by atoms with E-state index in [2.05, 4.69) is 22.4 Å². The first kappa shape index (κ1) is 21.4. The molecule has 30 heavy (non-hydrogen) atoms. The maximum atomic E-state index is 12.7. The number of thiophene rings is 1. The topological polar surface area (TPSA) is 116 Å². The van der Waals surface area contributed by atoms with Crippen molar-refractivity contribution < 1.29 is 4.79 Å². The number of carbonyl (C=O) groups excluding carboxylic acids is 1. The summed E-state index contributed by atoms with van der Waals surface area (Å²) >= 11 is 2.55. The maximum absolute atomic E-state index is 12.7. The normalized spacial score (nSPS) is 11.4. The van der Waals surface area contributed by atoms with Gasteiger partial charge in [-0.1, -0.05) is 23.9 Å². The molecule has 1 atom stereocenters. The van der Waals surface area contributed by atoms with Crippen molar-refractivity contribution in [1.29, 1.82) is 10.5 Å². The van der Waals surface area contributed by atoms with Crippen LogP contribution in [0.3, 0.4) is 0 Å². The number of thioether (sulfide) groups is 1. The molecule has 0 aliphatic heterocycles. The number of nitrogens with one attached hydrogen (secondary N) is 1. The summed E-state index contributed by atoms with van der Waals surface area (Å²) in [6, 6.07) is 13.6. The summed E-state index contributed by atoms with van der Waals surface area (Å²) in [5.41, 5.74) is 9.84. The predicted molar refractivity (Wildman–Crippen MR) is 121 cm³/mol. The SMILES string of the molecule is Cc1ccc(NC(=O)C(C)Sc2nc(N)c(C#N)c(-c3cccs3)c2C#N)cc1C. The molecule has 1 aromatic carbocycles. The minimum atomic E-state index is -0.533. The van der Waals surface area contributed by atoms with Crippen LogP contribution in [0.2, 0.25) is 0 Å². The molecule has 1 amide bonds. The number of benzene rings is 1. The highest BCUT2D eigenvalue weighted by atomic mass is 32.2. The summed E-state index contributed by atoms with van der Waals surface area (Å²) in [4.78, 5) is 17.7. The van der Waals surface area contributed by atoms with Crippen LogP contribution < -0.4 is 11.1 Å². The minimum absolute atomic E-state index is 0.0455. The first-order chi connectivity index (χ1) is 14.3. The van der Waals surface area contributed by atoms with Crippen molar-refractivity contribution in [2.75, 3.05) is 11.1 Å². The quantitative estimate of drug-likeness (QED) is 0.555. The van der Waals surface area contributed by atoms with Gasteiger partial charge in [0.05, 0.1) is 10.8 Å². The summed E-state index contributed by atoms with van der Waals surface area (Å²) in [6.07, 6.45) is 0. The first-order valence-corrected chi connectivity index (χ1v) is 10.8. The van der Waals surface area contributed by atoms with E-state index in [1.807, 2.05) is 49.6 Å². The van der Waals surface area contributed by atoms with Crippen LogP contribution in [0.15, 0.2) is 40.7 Å². The third kappa shape index (κ3) is 4.30. The van der Waals surface area contributed by atoms with Crippen molar-refractivity contribution >= 4 is 40.5 Å². The number of nitrogens with two attached hydrogens (primary N) is 1. The Hall–Kier alpha value is -3.33. The van der Waals surface area contributed by atoms with Crippen LogP contribution in [-0.2, 0) is 4.79 Å². The summed E-state index contributed by atoms with van der Waals surface area (Å²) < 4.78 is 0. The van der Waals surface area contributed by atoms with E-state index in [1.54, 1.807) is 6.92 Å². The van der Waals surface area contributed by atoms with Crippen molar-refractivity contribution in [2.45, 2.75) is 31.0 Å². The van der Waals surface area contributed by atoms with E-state index < -0.39 is 5.25 Å². The van der Waals surface area contributed by atoms with Gasteiger partial charge in [0.2, 0.25) is 5.91 Å². The highest BCUT2D eigenvalue weighted by Crippen LogP contribution is 2.38. The van der Waals surface area contributed by atoms with Crippen molar-refractivity contribution in [3.63, 3.8) is 0 Å². The molecule has 0 aliphatic carbocycles. The molecule has 8 heteroatoms. The highest BCUT2D eigenvalue weighted by molar-refractivity contribution is 8.00. The molecule has 0 fully saturated rings. The fourth-order valence-corrected chi connectivity index (χ4v) is 4.53. The fraction of sp³-hybridized carbons (Fsp3) is 0.182. The van der Waals surface area contributed by atoms with Gasteiger partial charge in [-0.05, 0) is 55.5 Å². The Labute approximate surface area is 183 Å². The van der Waals surface area contributed by atoms with Crippen LogP contribution in [0.1, 0.15) is 29.2 Å². The zero-order valence-corrected chi connectivity index (χ0v) is 18.3. The van der Waals surface area contributed by atoms with Crippen molar-refractivity contribution in [2.24, 2.45) is 0 Å². The van der Waals surface area contributed by atoms with E-state index in [0.717, 1.165) is 27.8 Å². The number of aromatic nitrogens is 1. The Bertz CT molecular complexity index is 1190. The molecular weight excluding hydrogens is 414 g/mol. The Morgan fingerprint density at radius 3 is 2.53 bits per heavy atom. The van der Waals surface area contributed by atoms with E-state index in [9.17, 15) is 15.3 Å². The summed E-state index contributed by atoms with van der Waals surface area (Å²) in [5.74, 6) is -0.168. The number of nitriles is 2. The Morgan fingerprint density at radius 1 is 1.20 bits per heavy atom. The number of rotatable bonds is 5. The third-order valence-electron chi connectivity index (χ3n) is 4.62. The monoisotopic (exact) mass is 433 g/mol. The third-order valence-corrected chi connectivity index (χ3v) is 6.59. The van der Waals surface area contributed by atoms with Gasteiger partial charge >= 0.3 is 0 Å². The molecule has 0 bridgehead atoms. The van der Waals surface area contributed by atoms with Crippen LogP contribution in [0, 0.1) is 36.5 Å². The van der Waals surface area contributed by atoms with Gasteiger partial charge in [0.25, 0.3) is 0 Å². The smallest absolute Gasteiger partial charge is 0.237 e. The molecule has 0 saturated carbocycles. The summed E-state index contributed by atoms with van der Waals surface area (Å²) in [7, 11) is 0. The number of anilines is 2. The van der Waals surface area contributed by atoms with Gasteiger partial charge in [0.1, 0.15) is 28.5 Å². The molecule has 6 nitrogen and oxygen atoms in total. The molecule has 2 aromatic heterocycles. The van der Waals surface area contributed by atoms with Crippen LogP contribution in [-0.4, -0.2) is 16.1 Å². The molecule has 3 aromatic rings. The number of carbonyl (C=O) groups is 1. The van der Waals surface area contributed by atoms with E-state index in [1.165, 1.54) is 11.3 Å². The second kappa shape index (κ2) is 9.00. The van der Waals surface area contributed by atoms with E-state index >= 15 is 0 Å². The second-order valence-corrected chi connectivity index (χ2v) is 8.95. The van der Waals surface area contributed by atoms with Crippen molar-refractivity contribution in [3.05, 3.63) is 58.0 Å². The maximum Gasteiger partial charge on any atom is 0.237 e. The predicted octanol–water partition coefficient (Wildman–Crippen LogP) is 4.87. The lowest BCUT2D eigenvalue weighted by molar-refractivity contribution is -0.115. The van der Waals surface area contributed by atoms with Crippen molar-refractivity contribution in [3.8, 4) is 22.6 Å². The lowest BCUT2D eigenvalue weighted by atomic mass is 10.0. The van der Waals surface area contributed by atoms with Gasteiger partial charge in [-0.2, -0.15) is 10.5 Å². The number of hydrogen-bond donors (Lipinski definition) is 2.